The summed E-state index contributed by atoms with van der Waals surface area (Å²) in [7, 11) is 0. The van der Waals surface area contributed by atoms with Crippen LogP contribution in [0.5, 0.6) is 0 Å². The third-order valence-electron chi connectivity index (χ3n) is 2.26. The van der Waals surface area contributed by atoms with Crippen molar-refractivity contribution >= 4 is 30.0 Å². The van der Waals surface area contributed by atoms with Crippen LogP contribution in [0, 0.1) is 6.92 Å². The number of aliphatic imine (C=N–C) groups is 2. The minimum Gasteiger partial charge on any atom is -0.274 e. The number of hydrogen-bond acceptors (Lipinski definition) is 2. The molecule has 0 aliphatic rings. The lowest BCUT2D eigenvalue weighted by Gasteiger charge is -2.03. The first-order chi connectivity index (χ1) is 8.20. The van der Waals surface area contributed by atoms with E-state index in [0.29, 0.717) is 11.0 Å². The Bertz CT molecular complexity index is 558. The fourth-order valence-electron chi connectivity index (χ4n) is 1.40. The van der Waals surface area contributed by atoms with Crippen molar-refractivity contribution in [3.63, 3.8) is 0 Å². The van der Waals surface area contributed by atoms with Gasteiger partial charge in [-0.2, -0.15) is 0 Å². The number of aromatic nitrogens is 2. The van der Waals surface area contributed by atoms with Gasteiger partial charge in [-0.3, -0.25) is 4.57 Å². The van der Waals surface area contributed by atoms with Crippen molar-refractivity contribution in [3.05, 3.63) is 47.5 Å². The molecule has 86 valence electrons. The summed E-state index contributed by atoms with van der Waals surface area (Å²) < 4.78 is 1.70. The van der Waals surface area contributed by atoms with E-state index in [9.17, 15) is 0 Å². The highest BCUT2D eigenvalue weighted by Crippen LogP contribution is 2.22. The number of imidazole rings is 1. The molecule has 1 aromatic carbocycles. The quantitative estimate of drug-likeness (QED) is 0.563. The second kappa shape index (κ2) is 4.93. The molecule has 1 heterocycles. The van der Waals surface area contributed by atoms with E-state index in [4.69, 9.17) is 11.6 Å². The number of halogens is 1. The summed E-state index contributed by atoms with van der Waals surface area (Å²) in [5, 5.41) is 0.692. The van der Waals surface area contributed by atoms with Gasteiger partial charge in [-0.15, -0.1) is 0 Å². The molecule has 0 bridgehead atoms. The van der Waals surface area contributed by atoms with Crippen LogP contribution in [-0.4, -0.2) is 22.2 Å². The van der Waals surface area contributed by atoms with Gasteiger partial charge in [0, 0.05) is 17.4 Å². The predicted molar refractivity (Wildman–Crippen MR) is 70.5 cm³/mol. The molecule has 0 radical (unpaired) electrons. The summed E-state index contributed by atoms with van der Waals surface area (Å²) in [6, 6.07) is 5.50. The van der Waals surface area contributed by atoms with E-state index in [0.717, 1.165) is 11.3 Å². The van der Waals surface area contributed by atoms with Crippen molar-refractivity contribution in [1.82, 2.24) is 9.55 Å². The maximum Gasteiger partial charge on any atom is 0.234 e. The van der Waals surface area contributed by atoms with Crippen molar-refractivity contribution in [1.29, 1.82) is 0 Å². The van der Waals surface area contributed by atoms with Gasteiger partial charge >= 0.3 is 0 Å². The number of benzene rings is 1. The van der Waals surface area contributed by atoms with Gasteiger partial charge < -0.3 is 0 Å². The third kappa shape index (κ3) is 2.60. The van der Waals surface area contributed by atoms with Crippen molar-refractivity contribution in [2.75, 3.05) is 0 Å². The topological polar surface area (TPSA) is 42.5 Å². The Morgan fingerprint density at radius 1 is 1.47 bits per heavy atom. The molecule has 5 heteroatoms. The Kier molecular flexibility index (Phi) is 3.35. The van der Waals surface area contributed by atoms with E-state index in [2.05, 4.69) is 21.7 Å². The van der Waals surface area contributed by atoms with Gasteiger partial charge in [-0.05, 0) is 37.4 Å². The largest absolute Gasteiger partial charge is 0.274 e. The molecular weight excluding hydrogens is 236 g/mol. The Balaban J connectivity index is 2.43. The van der Waals surface area contributed by atoms with E-state index >= 15 is 0 Å². The van der Waals surface area contributed by atoms with Crippen LogP contribution in [0.3, 0.4) is 0 Å². The van der Waals surface area contributed by atoms with Crippen LogP contribution in [0.25, 0.3) is 0 Å². The normalized spacial score (nSPS) is 11.5. The fourth-order valence-corrected chi connectivity index (χ4v) is 1.63. The zero-order chi connectivity index (χ0) is 12.3. The molecule has 2 aromatic rings. The number of nitrogens with zero attached hydrogens (tertiary/aromatic N) is 4. The van der Waals surface area contributed by atoms with Crippen LogP contribution >= 0.6 is 11.6 Å². The highest BCUT2D eigenvalue weighted by Gasteiger charge is 2.02. The maximum absolute atomic E-state index is 5.89. The minimum absolute atomic E-state index is 0.480. The zero-order valence-electron chi connectivity index (χ0n) is 9.34. The number of rotatable bonds is 1. The van der Waals surface area contributed by atoms with Gasteiger partial charge in [0.2, 0.25) is 5.96 Å². The molecule has 2 rings (SSSR count). The SMILES string of the molecule is C=NC(=Nc1ccc(Cl)cc1C)n1ccnc1. The lowest BCUT2D eigenvalue weighted by molar-refractivity contribution is 1.10. The van der Waals surface area contributed by atoms with Gasteiger partial charge in [0.15, 0.2) is 0 Å². The molecule has 0 saturated heterocycles. The summed E-state index contributed by atoms with van der Waals surface area (Å²) in [5.41, 5.74) is 1.80. The molecule has 4 nitrogen and oxygen atoms in total. The molecule has 0 N–H and O–H groups in total. The van der Waals surface area contributed by atoms with Crippen LogP contribution < -0.4 is 0 Å². The molecule has 0 aliphatic carbocycles. The molecule has 0 amide bonds. The standard InChI is InChI=1S/C12H11ClN4/c1-9-7-10(13)3-4-11(9)16-12(14-2)17-6-5-15-8-17/h3-8H,2H2,1H3. The highest BCUT2D eigenvalue weighted by atomic mass is 35.5. The summed E-state index contributed by atoms with van der Waals surface area (Å²) >= 11 is 5.89. The average molecular weight is 247 g/mol. The number of hydrogen-bond donors (Lipinski definition) is 0. The average Bonchev–Trinajstić information content (AvgIpc) is 2.81. The summed E-state index contributed by atoms with van der Waals surface area (Å²) in [6.07, 6.45) is 5.05. The van der Waals surface area contributed by atoms with Crippen LogP contribution in [0.1, 0.15) is 5.56 Å². The summed E-state index contributed by atoms with van der Waals surface area (Å²) in [4.78, 5) is 12.2. The van der Waals surface area contributed by atoms with Crippen molar-refractivity contribution in [3.8, 4) is 0 Å². The van der Waals surface area contributed by atoms with E-state index in [1.54, 1.807) is 29.4 Å². The molecule has 0 aliphatic heterocycles. The minimum atomic E-state index is 0.480. The third-order valence-corrected chi connectivity index (χ3v) is 2.49. The van der Waals surface area contributed by atoms with Gasteiger partial charge in [0.05, 0.1) is 5.69 Å². The van der Waals surface area contributed by atoms with Crippen LogP contribution in [0.4, 0.5) is 5.69 Å². The lowest BCUT2D eigenvalue weighted by Crippen LogP contribution is -2.05. The maximum atomic E-state index is 5.89. The van der Waals surface area contributed by atoms with E-state index < -0.39 is 0 Å². The highest BCUT2D eigenvalue weighted by molar-refractivity contribution is 6.30. The molecule has 0 unspecified atom stereocenters. The van der Waals surface area contributed by atoms with Crippen molar-refractivity contribution in [2.24, 2.45) is 9.98 Å². The van der Waals surface area contributed by atoms with Gasteiger partial charge in [-0.25, -0.2) is 15.0 Å². The molecule has 0 spiro atoms. The van der Waals surface area contributed by atoms with Crippen molar-refractivity contribution in [2.45, 2.75) is 6.92 Å². The van der Waals surface area contributed by atoms with E-state index in [1.807, 2.05) is 19.1 Å². The van der Waals surface area contributed by atoms with E-state index in [-0.39, 0.29) is 0 Å². The smallest absolute Gasteiger partial charge is 0.234 e. The van der Waals surface area contributed by atoms with Crippen molar-refractivity contribution < 1.29 is 0 Å². The second-order valence-corrected chi connectivity index (χ2v) is 3.91. The first-order valence-corrected chi connectivity index (χ1v) is 5.38. The Morgan fingerprint density at radius 2 is 2.29 bits per heavy atom. The molecule has 0 saturated carbocycles. The number of aryl methyl sites for hydroxylation is 1. The van der Waals surface area contributed by atoms with Gasteiger partial charge in [0.1, 0.15) is 6.33 Å². The van der Waals surface area contributed by atoms with Crippen LogP contribution in [0.2, 0.25) is 5.02 Å². The first kappa shape index (κ1) is 11.5. The van der Waals surface area contributed by atoms with E-state index in [1.165, 1.54) is 0 Å². The summed E-state index contributed by atoms with van der Waals surface area (Å²) in [6.45, 7) is 5.45. The Morgan fingerprint density at radius 3 is 2.88 bits per heavy atom. The molecular formula is C12H11ClN4. The fraction of sp³-hybridized carbons (Fsp3) is 0.0833. The second-order valence-electron chi connectivity index (χ2n) is 3.47. The molecule has 1 aromatic heterocycles. The monoisotopic (exact) mass is 246 g/mol. The lowest BCUT2D eigenvalue weighted by atomic mass is 10.2. The zero-order valence-corrected chi connectivity index (χ0v) is 10.1. The molecule has 0 atom stereocenters. The predicted octanol–water partition coefficient (Wildman–Crippen LogP) is 3.08. The van der Waals surface area contributed by atoms with Gasteiger partial charge in [0.25, 0.3) is 0 Å². The van der Waals surface area contributed by atoms with Crippen LogP contribution in [0.15, 0.2) is 46.9 Å². The molecule has 0 fully saturated rings. The Labute approximate surface area is 104 Å². The Hall–Kier alpha value is -1.94. The van der Waals surface area contributed by atoms with Gasteiger partial charge in [-0.1, -0.05) is 11.6 Å². The summed E-state index contributed by atoms with van der Waals surface area (Å²) in [5.74, 6) is 0.480. The first-order valence-electron chi connectivity index (χ1n) is 5.00. The molecule has 17 heavy (non-hydrogen) atoms. The van der Waals surface area contributed by atoms with Crippen LogP contribution in [-0.2, 0) is 0 Å².